The van der Waals surface area contributed by atoms with Crippen LogP contribution in [0.4, 0.5) is 4.39 Å². The Morgan fingerprint density at radius 2 is 1.96 bits per heavy atom. The molecular weight excluding hydrogens is 315 g/mol. The minimum atomic E-state index is -0.255. The molecule has 0 saturated carbocycles. The lowest BCUT2D eigenvalue weighted by Crippen LogP contribution is -2.31. The summed E-state index contributed by atoms with van der Waals surface area (Å²) >= 11 is 0. The van der Waals surface area contributed by atoms with Crippen LogP contribution in [0.5, 0.6) is 0 Å². The first kappa shape index (κ1) is 16.2. The molecule has 0 aliphatic carbocycles. The molecule has 1 fully saturated rings. The molecule has 4 nitrogen and oxygen atoms in total. The van der Waals surface area contributed by atoms with Crippen molar-refractivity contribution >= 4 is 11.0 Å². The predicted octanol–water partition coefficient (Wildman–Crippen LogP) is 3.30. The molecular formula is C20H23FN4. The molecule has 3 aromatic rings. The molecule has 5 heteroatoms. The van der Waals surface area contributed by atoms with E-state index in [2.05, 4.69) is 53.1 Å². The normalized spacial score (nSPS) is 18.5. The van der Waals surface area contributed by atoms with Gasteiger partial charge in [-0.2, -0.15) is 0 Å². The van der Waals surface area contributed by atoms with Gasteiger partial charge in [-0.15, -0.1) is 0 Å². The smallest absolute Gasteiger partial charge is 0.125 e. The van der Waals surface area contributed by atoms with Crippen LogP contribution in [0.1, 0.15) is 12.0 Å². The third kappa shape index (κ3) is 3.30. The summed E-state index contributed by atoms with van der Waals surface area (Å²) in [6.45, 7) is 3.27. The van der Waals surface area contributed by atoms with Gasteiger partial charge in [0, 0.05) is 37.4 Å². The number of halogens is 1. The minimum Gasteiger partial charge on any atom is -0.305 e. The zero-order valence-electron chi connectivity index (χ0n) is 14.7. The number of nitrogens with zero attached hydrogens (tertiary/aromatic N) is 4. The quantitative estimate of drug-likeness (QED) is 0.729. The number of rotatable bonds is 4. The summed E-state index contributed by atoms with van der Waals surface area (Å²) in [7, 11) is 4.31. The van der Waals surface area contributed by atoms with E-state index in [1.165, 1.54) is 24.1 Å². The maximum Gasteiger partial charge on any atom is 0.125 e. The molecule has 0 radical (unpaired) electrons. The first-order chi connectivity index (χ1) is 12.1. The van der Waals surface area contributed by atoms with E-state index in [9.17, 15) is 4.39 Å². The van der Waals surface area contributed by atoms with Gasteiger partial charge in [-0.1, -0.05) is 12.1 Å². The summed E-state index contributed by atoms with van der Waals surface area (Å²) in [5.41, 5.74) is 3.96. The molecule has 25 heavy (non-hydrogen) atoms. The Balaban J connectivity index is 1.50. The monoisotopic (exact) mass is 338 g/mol. The van der Waals surface area contributed by atoms with Gasteiger partial charge in [-0.3, -0.25) is 9.47 Å². The highest BCUT2D eigenvalue weighted by Crippen LogP contribution is 2.21. The Morgan fingerprint density at radius 1 is 1.16 bits per heavy atom. The lowest BCUT2D eigenvalue weighted by atomic mass is 10.2. The van der Waals surface area contributed by atoms with Crippen LogP contribution in [0.15, 0.2) is 48.8 Å². The minimum absolute atomic E-state index is 0.255. The first-order valence-electron chi connectivity index (χ1n) is 8.71. The molecule has 2 aromatic carbocycles. The number of likely N-dealkylation sites (N-methyl/N-ethyl adjacent to an activating group) is 1. The highest BCUT2D eigenvalue weighted by Gasteiger charge is 2.23. The number of imidazole rings is 1. The van der Waals surface area contributed by atoms with Crippen molar-refractivity contribution in [1.82, 2.24) is 19.4 Å². The van der Waals surface area contributed by atoms with Crippen LogP contribution in [0.25, 0.3) is 16.7 Å². The third-order valence-electron chi connectivity index (χ3n) is 5.11. The van der Waals surface area contributed by atoms with Crippen molar-refractivity contribution in [1.29, 1.82) is 0 Å². The number of hydrogen-bond acceptors (Lipinski definition) is 3. The zero-order chi connectivity index (χ0) is 17.4. The SMILES string of the molecule is CN(C)C1CCN(Cc2ccc(-n3cnc4cc(F)ccc43)cc2)C1. The van der Waals surface area contributed by atoms with Crippen LogP contribution in [0.3, 0.4) is 0 Å². The van der Waals surface area contributed by atoms with Gasteiger partial charge in [-0.05, 0) is 50.3 Å². The van der Waals surface area contributed by atoms with E-state index in [0.29, 0.717) is 11.6 Å². The maximum atomic E-state index is 13.3. The van der Waals surface area contributed by atoms with Gasteiger partial charge >= 0.3 is 0 Å². The molecule has 0 bridgehead atoms. The summed E-state index contributed by atoms with van der Waals surface area (Å²) in [6.07, 6.45) is 2.99. The number of aromatic nitrogens is 2. The second-order valence-corrected chi connectivity index (χ2v) is 7.06. The Hall–Kier alpha value is -2.24. The highest BCUT2D eigenvalue weighted by molar-refractivity contribution is 5.77. The van der Waals surface area contributed by atoms with Crippen LogP contribution in [0, 0.1) is 5.82 Å². The van der Waals surface area contributed by atoms with E-state index in [1.54, 1.807) is 12.4 Å². The fraction of sp³-hybridized carbons (Fsp3) is 0.350. The number of hydrogen-bond donors (Lipinski definition) is 0. The van der Waals surface area contributed by atoms with Crippen LogP contribution in [0.2, 0.25) is 0 Å². The van der Waals surface area contributed by atoms with Gasteiger partial charge < -0.3 is 4.90 Å². The van der Waals surface area contributed by atoms with E-state index in [1.807, 2.05) is 4.57 Å². The highest BCUT2D eigenvalue weighted by atomic mass is 19.1. The van der Waals surface area contributed by atoms with E-state index in [-0.39, 0.29) is 5.82 Å². The van der Waals surface area contributed by atoms with Crippen molar-refractivity contribution in [2.75, 3.05) is 27.2 Å². The third-order valence-corrected chi connectivity index (χ3v) is 5.11. The fourth-order valence-corrected chi connectivity index (χ4v) is 3.59. The summed E-state index contributed by atoms with van der Waals surface area (Å²) in [5, 5.41) is 0. The maximum absolute atomic E-state index is 13.3. The Kier molecular flexibility index (Phi) is 4.27. The molecule has 1 aliphatic rings. The summed E-state index contributed by atoms with van der Waals surface area (Å²) < 4.78 is 15.3. The number of benzene rings is 2. The van der Waals surface area contributed by atoms with Gasteiger partial charge in [0.2, 0.25) is 0 Å². The first-order valence-corrected chi connectivity index (χ1v) is 8.71. The van der Waals surface area contributed by atoms with Crippen LogP contribution in [-0.4, -0.2) is 52.6 Å². The summed E-state index contributed by atoms with van der Waals surface area (Å²) in [5.74, 6) is -0.255. The average molecular weight is 338 g/mol. The molecule has 2 heterocycles. The molecule has 1 atom stereocenters. The van der Waals surface area contributed by atoms with E-state index < -0.39 is 0 Å². The topological polar surface area (TPSA) is 24.3 Å². The Labute approximate surface area is 147 Å². The van der Waals surface area contributed by atoms with E-state index in [4.69, 9.17) is 0 Å². The predicted molar refractivity (Wildman–Crippen MR) is 98.4 cm³/mol. The van der Waals surface area contributed by atoms with Crippen molar-refractivity contribution in [3.8, 4) is 5.69 Å². The van der Waals surface area contributed by atoms with Crippen molar-refractivity contribution in [3.63, 3.8) is 0 Å². The van der Waals surface area contributed by atoms with Crippen molar-refractivity contribution in [2.45, 2.75) is 19.0 Å². The molecule has 0 N–H and O–H groups in total. The fourth-order valence-electron chi connectivity index (χ4n) is 3.59. The second kappa shape index (κ2) is 6.58. The standard InChI is InChI=1S/C20H23FN4/c1-23(2)18-9-10-24(13-18)12-15-3-6-17(7-4-15)25-14-22-19-11-16(21)5-8-20(19)25/h3-8,11,14,18H,9-10,12-13H2,1-2H3. The van der Waals surface area contributed by atoms with Crippen LogP contribution in [-0.2, 0) is 6.54 Å². The molecule has 1 unspecified atom stereocenters. The number of likely N-dealkylation sites (tertiary alicyclic amines) is 1. The lowest BCUT2D eigenvalue weighted by molar-refractivity contribution is 0.264. The largest absolute Gasteiger partial charge is 0.305 e. The summed E-state index contributed by atoms with van der Waals surface area (Å²) in [6, 6.07) is 14.0. The molecule has 0 amide bonds. The van der Waals surface area contributed by atoms with Gasteiger partial charge in [0.25, 0.3) is 0 Å². The molecule has 130 valence electrons. The van der Waals surface area contributed by atoms with Crippen molar-refractivity contribution in [2.24, 2.45) is 0 Å². The van der Waals surface area contributed by atoms with Crippen LogP contribution >= 0.6 is 0 Å². The molecule has 0 spiro atoms. The number of fused-ring (bicyclic) bond motifs is 1. The van der Waals surface area contributed by atoms with Crippen LogP contribution < -0.4 is 0 Å². The van der Waals surface area contributed by atoms with Gasteiger partial charge in [-0.25, -0.2) is 9.37 Å². The average Bonchev–Trinajstić information content (AvgIpc) is 3.22. The van der Waals surface area contributed by atoms with E-state index in [0.717, 1.165) is 30.8 Å². The Morgan fingerprint density at radius 3 is 2.68 bits per heavy atom. The lowest BCUT2D eigenvalue weighted by Gasteiger charge is -2.20. The Bertz CT molecular complexity index is 869. The molecule has 1 aliphatic heterocycles. The zero-order valence-corrected chi connectivity index (χ0v) is 14.7. The van der Waals surface area contributed by atoms with E-state index >= 15 is 0 Å². The van der Waals surface area contributed by atoms with Gasteiger partial charge in [0.15, 0.2) is 0 Å². The van der Waals surface area contributed by atoms with Crippen molar-refractivity contribution < 1.29 is 4.39 Å². The van der Waals surface area contributed by atoms with Gasteiger partial charge in [0.1, 0.15) is 12.1 Å². The molecule has 4 rings (SSSR count). The molecule has 1 aromatic heterocycles. The summed E-state index contributed by atoms with van der Waals surface area (Å²) in [4.78, 5) is 9.12. The van der Waals surface area contributed by atoms with Gasteiger partial charge in [0.05, 0.1) is 11.0 Å². The van der Waals surface area contributed by atoms with Crippen molar-refractivity contribution in [3.05, 3.63) is 60.2 Å². The molecule has 1 saturated heterocycles. The second-order valence-electron chi connectivity index (χ2n) is 7.06.